The summed E-state index contributed by atoms with van der Waals surface area (Å²) in [5, 5.41) is 0. The molecular formula is C18H20O. The summed E-state index contributed by atoms with van der Waals surface area (Å²) < 4.78 is 5.86. The maximum Gasteiger partial charge on any atom is 0.120 e. The van der Waals surface area contributed by atoms with Crippen molar-refractivity contribution in [3.63, 3.8) is 0 Å². The number of hydrogen-bond donors (Lipinski definition) is 0. The Hall–Kier alpha value is -1.76. The van der Waals surface area contributed by atoms with Crippen molar-refractivity contribution in [3.05, 3.63) is 65.7 Å². The lowest BCUT2D eigenvalue weighted by Crippen LogP contribution is -1.96. The predicted octanol–water partition coefficient (Wildman–Crippen LogP) is 4.61. The molecule has 0 unspecified atom stereocenters. The SMILES string of the molecule is c1ccc(COc2cccc(CCC3CC3)c2)cc1. The molecule has 0 amide bonds. The Morgan fingerprint density at radius 1 is 0.895 bits per heavy atom. The predicted molar refractivity (Wildman–Crippen MR) is 78.3 cm³/mol. The number of rotatable bonds is 6. The minimum absolute atomic E-state index is 0.646. The molecule has 0 atom stereocenters. The summed E-state index contributed by atoms with van der Waals surface area (Å²) in [6.07, 6.45) is 5.39. The van der Waals surface area contributed by atoms with Gasteiger partial charge in [0.05, 0.1) is 0 Å². The van der Waals surface area contributed by atoms with Crippen molar-refractivity contribution in [2.45, 2.75) is 32.3 Å². The summed E-state index contributed by atoms with van der Waals surface area (Å²) in [5.41, 5.74) is 2.61. The van der Waals surface area contributed by atoms with E-state index in [-0.39, 0.29) is 0 Å². The fourth-order valence-corrected chi connectivity index (χ4v) is 2.31. The van der Waals surface area contributed by atoms with Crippen LogP contribution in [-0.2, 0) is 13.0 Å². The second-order valence-corrected chi connectivity index (χ2v) is 5.40. The van der Waals surface area contributed by atoms with Crippen molar-refractivity contribution in [2.24, 2.45) is 5.92 Å². The van der Waals surface area contributed by atoms with Crippen LogP contribution in [0.1, 0.15) is 30.4 Å². The Bertz CT molecular complexity index is 514. The van der Waals surface area contributed by atoms with Gasteiger partial charge in [-0.1, -0.05) is 55.3 Å². The largest absolute Gasteiger partial charge is 0.489 e. The van der Waals surface area contributed by atoms with Gasteiger partial charge in [-0.25, -0.2) is 0 Å². The first-order chi connectivity index (χ1) is 9.40. The van der Waals surface area contributed by atoms with E-state index in [1.54, 1.807) is 0 Å². The summed E-state index contributed by atoms with van der Waals surface area (Å²) in [7, 11) is 0. The number of ether oxygens (including phenoxy) is 1. The summed E-state index contributed by atoms with van der Waals surface area (Å²) in [6.45, 7) is 0.646. The van der Waals surface area contributed by atoms with Crippen molar-refractivity contribution in [2.75, 3.05) is 0 Å². The third-order valence-corrected chi connectivity index (χ3v) is 3.68. The second kappa shape index (κ2) is 5.92. The van der Waals surface area contributed by atoms with Gasteiger partial charge in [0.2, 0.25) is 0 Å². The van der Waals surface area contributed by atoms with Crippen LogP contribution in [0.5, 0.6) is 5.75 Å². The van der Waals surface area contributed by atoms with Crippen molar-refractivity contribution in [3.8, 4) is 5.75 Å². The van der Waals surface area contributed by atoms with Crippen molar-refractivity contribution in [1.82, 2.24) is 0 Å². The Morgan fingerprint density at radius 3 is 2.47 bits per heavy atom. The molecule has 2 aromatic rings. The standard InChI is InChI=1S/C18H20O/c1-2-5-17(6-3-1)14-19-18-8-4-7-16(13-18)12-11-15-9-10-15/h1-8,13,15H,9-12,14H2. The quantitative estimate of drug-likeness (QED) is 0.729. The fourth-order valence-electron chi connectivity index (χ4n) is 2.31. The first-order valence-electron chi connectivity index (χ1n) is 7.16. The van der Waals surface area contributed by atoms with Gasteiger partial charge < -0.3 is 4.74 Å². The molecule has 1 heteroatoms. The molecule has 1 aliphatic carbocycles. The minimum atomic E-state index is 0.646. The highest BCUT2D eigenvalue weighted by Gasteiger charge is 2.20. The van der Waals surface area contributed by atoms with Crippen LogP contribution in [-0.4, -0.2) is 0 Å². The number of aryl methyl sites for hydroxylation is 1. The molecule has 2 aromatic carbocycles. The topological polar surface area (TPSA) is 9.23 Å². The lowest BCUT2D eigenvalue weighted by Gasteiger charge is -2.08. The van der Waals surface area contributed by atoms with E-state index in [0.29, 0.717) is 6.61 Å². The van der Waals surface area contributed by atoms with E-state index < -0.39 is 0 Å². The van der Waals surface area contributed by atoms with Gasteiger partial charge in [-0.15, -0.1) is 0 Å². The van der Waals surface area contributed by atoms with E-state index in [4.69, 9.17) is 4.74 Å². The smallest absolute Gasteiger partial charge is 0.120 e. The Kier molecular flexibility index (Phi) is 3.83. The highest BCUT2D eigenvalue weighted by molar-refractivity contribution is 5.29. The molecule has 0 aromatic heterocycles. The molecule has 0 bridgehead atoms. The lowest BCUT2D eigenvalue weighted by atomic mass is 10.1. The van der Waals surface area contributed by atoms with E-state index in [2.05, 4.69) is 30.3 Å². The Balaban J connectivity index is 1.56. The van der Waals surface area contributed by atoms with Crippen LogP contribution in [0.2, 0.25) is 0 Å². The molecule has 0 heterocycles. The van der Waals surface area contributed by atoms with Crippen LogP contribution in [0, 0.1) is 5.92 Å². The Labute approximate surface area is 115 Å². The fraction of sp³-hybridized carbons (Fsp3) is 0.333. The van der Waals surface area contributed by atoms with Gasteiger partial charge in [0.25, 0.3) is 0 Å². The molecular weight excluding hydrogens is 232 g/mol. The van der Waals surface area contributed by atoms with Gasteiger partial charge in [-0.05, 0) is 42.0 Å². The monoisotopic (exact) mass is 252 g/mol. The van der Waals surface area contributed by atoms with Crippen LogP contribution in [0.3, 0.4) is 0 Å². The highest BCUT2D eigenvalue weighted by Crippen LogP contribution is 2.33. The van der Waals surface area contributed by atoms with Gasteiger partial charge in [-0.3, -0.25) is 0 Å². The first-order valence-corrected chi connectivity index (χ1v) is 7.16. The van der Waals surface area contributed by atoms with Gasteiger partial charge >= 0.3 is 0 Å². The second-order valence-electron chi connectivity index (χ2n) is 5.40. The molecule has 98 valence electrons. The van der Waals surface area contributed by atoms with E-state index >= 15 is 0 Å². The lowest BCUT2D eigenvalue weighted by molar-refractivity contribution is 0.306. The zero-order valence-electron chi connectivity index (χ0n) is 11.2. The third-order valence-electron chi connectivity index (χ3n) is 3.68. The average molecular weight is 252 g/mol. The summed E-state index contributed by atoms with van der Waals surface area (Å²) >= 11 is 0. The molecule has 0 saturated heterocycles. The van der Waals surface area contributed by atoms with E-state index in [0.717, 1.165) is 11.7 Å². The van der Waals surface area contributed by atoms with Crippen LogP contribution < -0.4 is 4.74 Å². The van der Waals surface area contributed by atoms with Crippen molar-refractivity contribution in [1.29, 1.82) is 0 Å². The molecule has 0 N–H and O–H groups in total. The molecule has 1 nitrogen and oxygen atoms in total. The molecule has 0 aliphatic heterocycles. The zero-order chi connectivity index (χ0) is 12.9. The normalized spacial score (nSPS) is 14.3. The maximum atomic E-state index is 5.86. The van der Waals surface area contributed by atoms with Crippen LogP contribution in [0.25, 0.3) is 0 Å². The molecule has 1 aliphatic rings. The van der Waals surface area contributed by atoms with Gasteiger partial charge in [0.15, 0.2) is 0 Å². The van der Waals surface area contributed by atoms with E-state index in [1.165, 1.54) is 36.8 Å². The molecule has 19 heavy (non-hydrogen) atoms. The number of benzene rings is 2. The van der Waals surface area contributed by atoms with Gasteiger partial charge in [0, 0.05) is 0 Å². The van der Waals surface area contributed by atoms with Crippen LogP contribution in [0.15, 0.2) is 54.6 Å². The van der Waals surface area contributed by atoms with Gasteiger partial charge in [-0.2, -0.15) is 0 Å². The number of hydrogen-bond acceptors (Lipinski definition) is 1. The summed E-state index contributed by atoms with van der Waals surface area (Å²) in [5.74, 6) is 1.98. The van der Waals surface area contributed by atoms with E-state index in [1.807, 2.05) is 24.3 Å². The van der Waals surface area contributed by atoms with Crippen molar-refractivity contribution >= 4 is 0 Å². The minimum Gasteiger partial charge on any atom is -0.489 e. The molecule has 0 radical (unpaired) electrons. The van der Waals surface area contributed by atoms with E-state index in [9.17, 15) is 0 Å². The maximum absolute atomic E-state index is 5.86. The van der Waals surface area contributed by atoms with Gasteiger partial charge in [0.1, 0.15) is 12.4 Å². The van der Waals surface area contributed by atoms with Crippen molar-refractivity contribution < 1.29 is 4.74 Å². The third kappa shape index (κ3) is 3.85. The van der Waals surface area contributed by atoms with Crippen LogP contribution in [0.4, 0.5) is 0 Å². The highest BCUT2D eigenvalue weighted by atomic mass is 16.5. The summed E-state index contributed by atoms with van der Waals surface area (Å²) in [4.78, 5) is 0. The molecule has 1 saturated carbocycles. The average Bonchev–Trinajstić information content (AvgIpc) is 3.29. The first kappa shape index (κ1) is 12.3. The summed E-state index contributed by atoms with van der Waals surface area (Å²) in [6, 6.07) is 18.8. The molecule has 1 fully saturated rings. The molecule has 3 rings (SSSR count). The molecule has 0 spiro atoms. The van der Waals surface area contributed by atoms with Crippen LogP contribution >= 0.6 is 0 Å². The Morgan fingerprint density at radius 2 is 1.68 bits per heavy atom. The zero-order valence-corrected chi connectivity index (χ0v) is 11.2.